The first-order chi connectivity index (χ1) is 11.5. The fourth-order valence-electron chi connectivity index (χ4n) is 1.77. The summed E-state index contributed by atoms with van der Waals surface area (Å²) in [5, 5.41) is 2.60. The number of benzene rings is 2. The third-order valence-corrected chi connectivity index (χ3v) is 3.96. The molecular formula is C17H15F2NO3S. The van der Waals surface area contributed by atoms with Crippen LogP contribution >= 0.6 is 11.8 Å². The molecule has 0 bridgehead atoms. The molecule has 0 fully saturated rings. The first-order valence-corrected chi connectivity index (χ1v) is 8.07. The van der Waals surface area contributed by atoms with Crippen LogP contribution in [0.2, 0.25) is 0 Å². The van der Waals surface area contributed by atoms with Crippen LogP contribution in [0.15, 0.2) is 53.4 Å². The highest BCUT2D eigenvalue weighted by Crippen LogP contribution is 2.22. The number of thioether (sulfide) groups is 1. The van der Waals surface area contributed by atoms with Crippen molar-refractivity contribution in [3.05, 3.63) is 60.2 Å². The van der Waals surface area contributed by atoms with Gasteiger partial charge >= 0.3 is 5.97 Å². The Labute approximate surface area is 142 Å². The van der Waals surface area contributed by atoms with Crippen LogP contribution in [0.3, 0.4) is 0 Å². The highest BCUT2D eigenvalue weighted by molar-refractivity contribution is 8.00. The van der Waals surface area contributed by atoms with Crippen molar-refractivity contribution < 1.29 is 23.1 Å². The van der Waals surface area contributed by atoms with Crippen molar-refractivity contribution >= 4 is 29.3 Å². The van der Waals surface area contributed by atoms with E-state index in [4.69, 9.17) is 4.74 Å². The summed E-state index contributed by atoms with van der Waals surface area (Å²) in [5.74, 6) is -2.62. The molecule has 0 radical (unpaired) electrons. The van der Waals surface area contributed by atoms with Crippen LogP contribution in [0, 0.1) is 11.6 Å². The molecule has 0 unspecified atom stereocenters. The number of hydrogen-bond donors (Lipinski definition) is 1. The van der Waals surface area contributed by atoms with E-state index in [1.54, 1.807) is 24.3 Å². The second kappa shape index (κ2) is 8.44. The van der Waals surface area contributed by atoms with E-state index >= 15 is 0 Å². The lowest BCUT2D eigenvalue weighted by atomic mass is 10.3. The van der Waals surface area contributed by atoms with Gasteiger partial charge in [0.1, 0.15) is 11.6 Å². The number of nitrogens with one attached hydrogen (secondary N) is 1. The zero-order valence-corrected chi connectivity index (χ0v) is 13.6. The van der Waals surface area contributed by atoms with E-state index in [0.717, 1.165) is 30.0 Å². The third kappa shape index (κ3) is 5.34. The topological polar surface area (TPSA) is 55.4 Å². The lowest BCUT2D eigenvalue weighted by Crippen LogP contribution is -2.30. The number of rotatable bonds is 6. The molecule has 0 saturated carbocycles. The van der Waals surface area contributed by atoms with E-state index in [0.29, 0.717) is 5.69 Å². The van der Waals surface area contributed by atoms with Gasteiger partial charge in [0.2, 0.25) is 0 Å². The molecule has 2 aromatic carbocycles. The minimum atomic E-state index is -1.00. The SMILES string of the molecule is C[C@@H](OC(=O)CSc1cc(F)ccc1F)C(=O)Nc1ccccc1. The molecule has 0 aromatic heterocycles. The average molecular weight is 351 g/mol. The zero-order valence-electron chi connectivity index (χ0n) is 12.8. The third-order valence-electron chi connectivity index (χ3n) is 2.96. The summed E-state index contributed by atoms with van der Waals surface area (Å²) in [6.07, 6.45) is -1.00. The van der Waals surface area contributed by atoms with E-state index in [2.05, 4.69) is 5.32 Å². The average Bonchev–Trinajstić information content (AvgIpc) is 2.56. The molecule has 0 aliphatic rings. The van der Waals surface area contributed by atoms with E-state index in [-0.39, 0.29) is 10.6 Å². The maximum atomic E-state index is 13.4. The standard InChI is InChI=1S/C17H15F2NO3S/c1-11(17(22)20-13-5-3-2-4-6-13)23-16(21)10-24-15-9-12(18)7-8-14(15)19/h2-9,11H,10H2,1H3,(H,20,22)/t11-/m1/s1. The van der Waals surface area contributed by atoms with Gasteiger partial charge in [-0.2, -0.15) is 0 Å². The molecule has 7 heteroatoms. The Hall–Kier alpha value is -2.41. The van der Waals surface area contributed by atoms with Gasteiger partial charge in [0.15, 0.2) is 6.10 Å². The maximum Gasteiger partial charge on any atom is 0.317 e. The van der Waals surface area contributed by atoms with Gasteiger partial charge in [-0.15, -0.1) is 11.8 Å². The predicted molar refractivity (Wildman–Crippen MR) is 87.7 cm³/mol. The first kappa shape index (κ1) is 17.9. The van der Waals surface area contributed by atoms with Gasteiger partial charge in [0.25, 0.3) is 5.91 Å². The molecule has 2 rings (SSSR count). The van der Waals surface area contributed by atoms with Crippen LogP contribution in [0.4, 0.5) is 14.5 Å². The van der Waals surface area contributed by atoms with E-state index in [9.17, 15) is 18.4 Å². The number of ether oxygens (including phenoxy) is 1. The molecule has 2 aromatic rings. The Morgan fingerprint density at radius 2 is 1.88 bits per heavy atom. The van der Waals surface area contributed by atoms with Gasteiger partial charge in [-0.3, -0.25) is 9.59 Å². The summed E-state index contributed by atoms with van der Waals surface area (Å²) in [6, 6.07) is 11.7. The molecule has 0 saturated heterocycles. The minimum absolute atomic E-state index is 0.00772. The summed E-state index contributed by atoms with van der Waals surface area (Å²) in [7, 11) is 0. The fourth-order valence-corrected chi connectivity index (χ4v) is 2.52. The smallest absolute Gasteiger partial charge is 0.317 e. The molecular weight excluding hydrogens is 336 g/mol. The van der Waals surface area contributed by atoms with Crippen molar-refractivity contribution in [3.63, 3.8) is 0 Å². The molecule has 0 heterocycles. The van der Waals surface area contributed by atoms with Crippen LogP contribution < -0.4 is 5.32 Å². The van der Waals surface area contributed by atoms with Crippen LogP contribution in [-0.4, -0.2) is 23.7 Å². The molecule has 0 aliphatic heterocycles. The largest absolute Gasteiger partial charge is 0.452 e. The molecule has 24 heavy (non-hydrogen) atoms. The van der Waals surface area contributed by atoms with Gasteiger partial charge in [-0.25, -0.2) is 8.78 Å². The lowest BCUT2D eigenvalue weighted by Gasteiger charge is -2.13. The Balaban J connectivity index is 1.83. The first-order valence-electron chi connectivity index (χ1n) is 7.09. The number of amides is 1. The van der Waals surface area contributed by atoms with E-state index in [1.807, 2.05) is 6.07 Å². The number of para-hydroxylation sites is 1. The van der Waals surface area contributed by atoms with Gasteiger partial charge in [0.05, 0.1) is 5.75 Å². The highest BCUT2D eigenvalue weighted by Gasteiger charge is 2.18. The molecule has 1 atom stereocenters. The predicted octanol–water partition coefficient (Wildman–Crippen LogP) is 3.63. The number of esters is 1. The van der Waals surface area contributed by atoms with Crippen molar-refractivity contribution in [2.75, 3.05) is 11.1 Å². The number of carbonyl (C=O) groups excluding carboxylic acids is 2. The fraction of sp³-hybridized carbons (Fsp3) is 0.176. The van der Waals surface area contributed by atoms with Crippen molar-refractivity contribution in [1.82, 2.24) is 0 Å². The van der Waals surface area contributed by atoms with Crippen LogP contribution in [-0.2, 0) is 14.3 Å². The van der Waals surface area contributed by atoms with Crippen LogP contribution in [0.1, 0.15) is 6.92 Å². The molecule has 0 spiro atoms. The molecule has 4 nitrogen and oxygen atoms in total. The Morgan fingerprint density at radius 1 is 1.17 bits per heavy atom. The number of anilines is 1. The van der Waals surface area contributed by atoms with Crippen molar-refractivity contribution in [1.29, 1.82) is 0 Å². The normalized spacial score (nSPS) is 11.6. The number of halogens is 2. The lowest BCUT2D eigenvalue weighted by molar-refractivity contribution is -0.150. The maximum absolute atomic E-state index is 13.4. The van der Waals surface area contributed by atoms with E-state index in [1.165, 1.54) is 6.92 Å². The molecule has 126 valence electrons. The Bertz CT molecular complexity index is 725. The van der Waals surface area contributed by atoms with Crippen molar-refractivity contribution in [3.8, 4) is 0 Å². The Kier molecular flexibility index (Phi) is 6.31. The molecule has 1 N–H and O–H groups in total. The molecule has 1 amide bonds. The van der Waals surface area contributed by atoms with Gasteiger partial charge < -0.3 is 10.1 Å². The summed E-state index contributed by atoms with van der Waals surface area (Å²) < 4.78 is 31.5. The van der Waals surface area contributed by atoms with Crippen molar-refractivity contribution in [2.45, 2.75) is 17.9 Å². The van der Waals surface area contributed by atoms with E-state index < -0.39 is 29.6 Å². The number of hydrogen-bond acceptors (Lipinski definition) is 4. The van der Waals surface area contributed by atoms with Crippen molar-refractivity contribution in [2.24, 2.45) is 0 Å². The second-order valence-electron chi connectivity index (χ2n) is 4.85. The highest BCUT2D eigenvalue weighted by atomic mass is 32.2. The molecule has 0 aliphatic carbocycles. The van der Waals surface area contributed by atoms with Gasteiger partial charge in [-0.1, -0.05) is 18.2 Å². The summed E-state index contributed by atoms with van der Waals surface area (Å²) >= 11 is 0.806. The summed E-state index contributed by atoms with van der Waals surface area (Å²) in [6.45, 7) is 1.43. The quantitative estimate of drug-likeness (QED) is 0.638. The summed E-state index contributed by atoms with van der Waals surface area (Å²) in [5.41, 5.74) is 0.585. The van der Waals surface area contributed by atoms with Gasteiger partial charge in [-0.05, 0) is 37.3 Å². The second-order valence-corrected chi connectivity index (χ2v) is 5.87. The van der Waals surface area contributed by atoms with Crippen LogP contribution in [0.25, 0.3) is 0 Å². The zero-order chi connectivity index (χ0) is 17.5. The van der Waals surface area contributed by atoms with Gasteiger partial charge in [0, 0.05) is 10.6 Å². The van der Waals surface area contributed by atoms with Crippen LogP contribution in [0.5, 0.6) is 0 Å². The number of carbonyl (C=O) groups is 2. The monoisotopic (exact) mass is 351 g/mol. The Morgan fingerprint density at radius 3 is 2.58 bits per heavy atom. The minimum Gasteiger partial charge on any atom is -0.452 e. The summed E-state index contributed by atoms with van der Waals surface area (Å²) in [4.78, 5) is 23.7.